The maximum atomic E-state index is 13.5. The molecule has 1 aliphatic rings. The number of hydrogen-bond acceptors (Lipinski definition) is 3. The van der Waals surface area contributed by atoms with E-state index in [1.807, 2.05) is 0 Å². The fourth-order valence-corrected chi connectivity index (χ4v) is 1.80. The molecule has 4 heteroatoms. The van der Waals surface area contributed by atoms with Crippen LogP contribution in [0.2, 0.25) is 0 Å². The van der Waals surface area contributed by atoms with Gasteiger partial charge in [0.1, 0.15) is 0 Å². The number of ether oxygens (including phenoxy) is 1. The van der Waals surface area contributed by atoms with Gasteiger partial charge in [0.2, 0.25) is 5.82 Å². The molecular formula is C12H16FNO2. The van der Waals surface area contributed by atoms with Crippen LogP contribution in [0.15, 0.2) is 12.1 Å². The second-order valence-corrected chi connectivity index (χ2v) is 4.45. The van der Waals surface area contributed by atoms with Crippen LogP contribution in [0.3, 0.4) is 0 Å². The smallest absolute Gasteiger partial charge is 0.206 e. The zero-order valence-corrected chi connectivity index (χ0v) is 9.29. The molecule has 88 valence electrons. The predicted octanol–water partition coefficient (Wildman–Crippen LogP) is 1.96. The number of hydrogen-bond donors (Lipinski definition) is 2. The molecule has 16 heavy (non-hydrogen) atoms. The van der Waals surface area contributed by atoms with E-state index in [4.69, 9.17) is 10.5 Å². The lowest BCUT2D eigenvalue weighted by atomic mass is 10.0. The van der Waals surface area contributed by atoms with Crippen molar-refractivity contribution in [2.75, 3.05) is 7.11 Å². The van der Waals surface area contributed by atoms with Gasteiger partial charge in [-0.1, -0.05) is 6.07 Å². The number of benzene rings is 1. The second kappa shape index (κ2) is 3.94. The number of methoxy groups -OCH3 is 1. The van der Waals surface area contributed by atoms with E-state index in [1.165, 1.54) is 13.2 Å². The van der Waals surface area contributed by atoms with Crippen molar-refractivity contribution in [1.29, 1.82) is 0 Å². The summed E-state index contributed by atoms with van der Waals surface area (Å²) in [5, 5.41) is 9.22. The molecule has 1 aliphatic carbocycles. The number of phenolic OH excluding ortho intramolecular Hbond substituents is 1. The van der Waals surface area contributed by atoms with Crippen molar-refractivity contribution < 1.29 is 14.2 Å². The molecular weight excluding hydrogens is 209 g/mol. The summed E-state index contributed by atoms with van der Waals surface area (Å²) in [5.74, 6) is -0.944. The van der Waals surface area contributed by atoms with Crippen LogP contribution >= 0.6 is 0 Å². The Hall–Kier alpha value is -1.29. The Morgan fingerprint density at radius 2 is 2.19 bits per heavy atom. The van der Waals surface area contributed by atoms with Crippen molar-refractivity contribution in [3.63, 3.8) is 0 Å². The maximum Gasteiger partial charge on any atom is 0.206 e. The molecule has 0 unspecified atom stereocenters. The van der Waals surface area contributed by atoms with E-state index in [0.717, 1.165) is 24.8 Å². The summed E-state index contributed by atoms with van der Waals surface area (Å²) in [6.45, 7) is 0. The SMILES string of the molecule is COc1c(CCC2(N)CC2)ccc(O)c1F. The third kappa shape index (κ3) is 2.11. The van der Waals surface area contributed by atoms with Gasteiger partial charge in [-0.05, 0) is 37.3 Å². The quantitative estimate of drug-likeness (QED) is 0.823. The lowest BCUT2D eigenvalue weighted by molar-refractivity contribution is 0.359. The molecule has 0 saturated heterocycles. The fourth-order valence-electron chi connectivity index (χ4n) is 1.80. The van der Waals surface area contributed by atoms with Crippen molar-refractivity contribution in [2.45, 2.75) is 31.2 Å². The van der Waals surface area contributed by atoms with Crippen LogP contribution in [-0.2, 0) is 6.42 Å². The molecule has 0 aliphatic heterocycles. The summed E-state index contributed by atoms with van der Waals surface area (Å²) < 4.78 is 18.5. The predicted molar refractivity (Wildman–Crippen MR) is 59.1 cm³/mol. The summed E-state index contributed by atoms with van der Waals surface area (Å²) in [6.07, 6.45) is 3.58. The highest BCUT2D eigenvalue weighted by molar-refractivity contribution is 5.42. The number of rotatable bonds is 4. The Labute approximate surface area is 94.0 Å². The van der Waals surface area contributed by atoms with Crippen LogP contribution in [0.1, 0.15) is 24.8 Å². The van der Waals surface area contributed by atoms with Crippen LogP contribution in [0, 0.1) is 5.82 Å². The van der Waals surface area contributed by atoms with E-state index < -0.39 is 5.82 Å². The molecule has 0 atom stereocenters. The van der Waals surface area contributed by atoms with Gasteiger partial charge in [-0.15, -0.1) is 0 Å². The van der Waals surface area contributed by atoms with Gasteiger partial charge in [0, 0.05) is 5.54 Å². The maximum absolute atomic E-state index is 13.5. The molecule has 0 aromatic heterocycles. The first-order chi connectivity index (χ1) is 7.56. The molecule has 0 spiro atoms. The highest BCUT2D eigenvalue weighted by atomic mass is 19.1. The van der Waals surface area contributed by atoms with E-state index in [9.17, 15) is 9.50 Å². The van der Waals surface area contributed by atoms with Crippen LogP contribution in [0.25, 0.3) is 0 Å². The summed E-state index contributed by atoms with van der Waals surface area (Å²) in [4.78, 5) is 0. The summed E-state index contributed by atoms with van der Waals surface area (Å²) in [5.41, 5.74) is 6.67. The van der Waals surface area contributed by atoms with E-state index >= 15 is 0 Å². The first-order valence-corrected chi connectivity index (χ1v) is 5.39. The Morgan fingerprint density at radius 1 is 1.50 bits per heavy atom. The molecule has 1 aromatic rings. The van der Waals surface area contributed by atoms with Crippen LogP contribution in [-0.4, -0.2) is 17.8 Å². The van der Waals surface area contributed by atoms with E-state index in [2.05, 4.69) is 0 Å². The molecule has 3 N–H and O–H groups in total. The number of halogens is 1. The number of aromatic hydroxyl groups is 1. The lowest BCUT2D eigenvalue weighted by Crippen LogP contribution is -2.22. The zero-order chi connectivity index (χ0) is 11.8. The molecule has 1 saturated carbocycles. The van der Waals surface area contributed by atoms with Gasteiger partial charge in [-0.25, -0.2) is 0 Å². The van der Waals surface area contributed by atoms with Gasteiger partial charge >= 0.3 is 0 Å². The van der Waals surface area contributed by atoms with Crippen molar-refractivity contribution in [1.82, 2.24) is 0 Å². The van der Waals surface area contributed by atoms with E-state index in [-0.39, 0.29) is 17.0 Å². The van der Waals surface area contributed by atoms with Gasteiger partial charge in [0.15, 0.2) is 11.5 Å². The molecule has 3 nitrogen and oxygen atoms in total. The molecule has 1 aromatic carbocycles. The molecule has 0 amide bonds. The standard InChI is InChI=1S/C12H16FNO2/c1-16-11-8(2-3-9(15)10(11)13)4-5-12(14)6-7-12/h2-3,15H,4-7,14H2,1H3. The normalized spacial score (nSPS) is 17.2. The first kappa shape index (κ1) is 11.2. The highest BCUT2D eigenvalue weighted by Crippen LogP contribution is 2.38. The van der Waals surface area contributed by atoms with Crippen molar-refractivity contribution in [2.24, 2.45) is 5.73 Å². The van der Waals surface area contributed by atoms with Crippen molar-refractivity contribution in [3.05, 3.63) is 23.5 Å². The van der Waals surface area contributed by atoms with Gasteiger partial charge in [-0.2, -0.15) is 4.39 Å². The number of aryl methyl sites for hydroxylation is 1. The van der Waals surface area contributed by atoms with Gasteiger partial charge in [0.25, 0.3) is 0 Å². The summed E-state index contributed by atoms with van der Waals surface area (Å²) in [6, 6.07) is 3.03. The van der Waals surface area contributed by atoms with Crippen LogP contribution in [0.5, 0.6) is 11.5 Å². The number of phenols is 1. The van der Waals surface area contributed by atoms with Crippen LogP contribution < -0.4 is 10.5 Å². The summed E-state index contributed by atoms with van der Waals surface area (Å²) in [7, 11) is 1.40. The molecule has 0 radical (unpaired) electrons. The highest BCUT2D eigenvalue weighted by Gasteiger charge is 2.37. The fraction of sp³-hybridized carbons (Fsp3) is 0.500. The van der Waals surface area contributed by atoms with Gasteiger partial charge in [-0.3, -0.25) is 0 Å². The van der Waals surface area contributed by atoms with E-state index in [1.54, 1.807) is 6.07 Å². The Balaban J connectivity index is 2.16. The third-order valence-electron chi connectivity index (χ3n) is 3.15. The van der Waals surface area contributed by atoms with Gasteiger partial charge < -0.3 is 15.6 Å². The average molecular weight is 225 g/mol. The third-order valence-corrected chi connectivity index (χ3v) is 3.15. The first-order valence-electron chi connectivity index (χ1n) is 5.39. The summed E-state index contributed by atoms with van der Waals surface area (Å²) >= 11 is 0. The van der Waals surface area contributed by atoms with Crippen molar-refractivity contribution in [3.8, 4) is 11.5 Å². The molecule has 1 fully saturated rings. The monoisotopic (exact) mass is 225 g/mol. The minimum absolute atomic E-state index is 0.0562. The lowest BCUT2D eigenvalue weighted by Gasteiger charge is -2.12. The Kier molecular flexibility index (Phi) is 2.76. The largest absolute Gasteiger partial charge is 0.505 e. The van der Waals surface area contributed by atoms with Crippen molar-refractivity contribution >= 4 is 0 Å². The molecule has 0 heterocycles. The molecule has 2 rings (SSSR count). The van der Waals surface area contributed by atoms with Gasteiger partial charge in [0.05, 0.1) is 7.11 Å². The second-order valence-electron chi connectivity index (χ2n) is 4.45. The Morgan fingerprint density at radius 3 is 2.75 bits per heavy atom. The minimum atomic E-state index is -0.693. The average Bonchev–Trinajstić information content (AvgIpc) is 2.99. The minimum Gasteiger partial charge on any atom is -0.505 e. The van der Waals surface area contributed by atoms with E-state index in [0.29, 0.717) is 6.42 Å². The molecule has 0 bridgehead atoms. The Bertz CT molecular complexity index is 402. The van der Waals surface area contributed by atoms with Crippen LogP contribution in [0.4, 0.5) is 4.39 Å². The topological polar surface area (TPSA) is 55.5 Å². The number of nitrogens with two attached hydrogens (primary N) is 1. The zero-order valence-electron chi connectivity index (χ0n) is 9.29.